The molecule has 44 nitrogen and oxygen atoms in total. The molecule has 1 aromatic carbocycles. The highest BCUT2D eigenvalue weighted by atomic mass is 16.6. The van der Waals surface area contributed by atoms with E-state index < -0.39 is 47.3 Å². The molecule has 124 heavy (non-hydrogen) atoms. The lowest BCUT2D eigenvalue weighted by Crippen LogP contribution is -2.67. The number of nitrogens with zero attached hydrogens (tertiary/aromatic N) is 16. The van der Waals surface area contributed by atoms with Gasteiger partial charge >= 0.3 is 48.2 Å². The number of rotatable bonds is 52. The Bertz CT molecular complexity index is 3050. The van der Waals surface area contributed by atoms with E-state index in [1.165, 1.54) is 125 Å². The Morgan fingerprint density at radius 1 is 0.298 bits per heavy atom. The van der Waals surface area contributed by atoms with E-state index >= 15 is 0 Å². The van der Waals surface area contributed by atoms with E-state index in [1.54, 1.807) is 60.2 Å². The average molecular weight is 1780 g/mol. The van der Waals surface area contributed by atoms with E-state index in [2.05, 4.69) is 32.4 Å². The minimum Gasteiger partial charge on any atom is -0.391 e. The van der Waals surface area contributed by atoms with Crippen LogP contribution in [0.25, 0.3) is 0 Å². The standard InChI is InChI=1S/C24H46N4O6.C19H28N4O6.C16H30N4O6.C12H22N4O6.C5H12O2.C4H10O2/c1-5-9-13-31-17-25-21-22(27(23(25)29)19-33-15-11-7-3)28(20-34-16-12-8-4)24(30)26(21)18-32-14-10-6-2;1-18-19(15-9-7-6-8-10-15,22(13-28-4)16(24)20(18)11-26-2)23(14-29-5)17(25)21(18)12-27-3;1-7-8-16-15(2,17(9-23-3)13(21)19(16)11-25-5)18(10-24-4)14(22)20(16)12-26-6;1-19-5-13-9-10(15(7-21-3)11(13)17)16(8-22-4)12(18)14(9)6-20-2;1-3-7-4-5(2)6;1-4(5)3-6-2/h21-22H,5-20H2,1-4H3;6-10H,11-14H2,1-5H3;7-12H2,1-6H3;9-10H,5-8H2,1-4H3;5-6H,3-4H2,1-2H3;4-5H,3H2,1-2H3. The van der Waals surface area contributed by atoms with Gasteiger partial charge in [-0.25, -0.2) is 38.4 Å². The maximum Gasteiger partial charge on any atom is 0.328 e. The van der Waals surface area contributed by atoms with Crippen LogP contribution in [0.4, 0.5) is 38.4 Å². The van der Waals surface area contributed by atoms with Crippen molar-refractivity contribution in [2.24, 2.45) is 0 Å². The van der Waals surface area contributed by atoms with Crippen molar-refractivity contribution in [1.82, 2.24) is 78.4 Å². The number of carbonyl (C=O) groups is 8. The fourth-order valence-corrected chi connectivity index (χ4v) is 16.1. The number of urea groups is 8. The van der Waals surface area contributed by atoms with Gasteiger partial charge in [-0.1, -0.05) is 97.1 Å². The van der Waals surface area contributed by atoms with Crippen LogP contribution in [-0.2, 0) is 90.9 Å². The molecule has 8 aliphatic rings. The first-order valence-electron chi connectivity index (χ1n) is 42.0. The predicted octanol–water partition coefficient (Wildman–Crippen LogP) is 6.69. The van der Waals surface area contributed by atoms with Gasteiger partial charge < -0.3 is 95.5 Å². The van der Waals surface area contributed by atoms with Gasteiger partial charge in [-0.05, 0) is 66.7 Å². The monoisotopic (exact) mass is 1780 g/mol. The van der Waals surface area contributed by atoms with Crippen molar-refractivity contribution in [3.8, 4) is 0 Å². The first-order chi connectivity index (χ1) is 59.6. The van der Waals surface area contributed by atoms with Crippen molar-refractivity contribution in [1.29, 1.82) is 0 Å². The second kappa shape index (κ2) is 55.3. The molecule has 16 amide bonds. The second-order valence-corrected chi connectivity index (χ2v) is 30.1. The molecule has 0 aromatic heterocycles. The molecular weight excluding hydrogens is 1630 g/mol. The average Bonchev–Trinajstić information content (AvgIpc) is 1.49. The van der Waals surface area contributed by atoms with Gasteiger partial charge in [0.1, 0.15) is 108 Å². The first-order valence-corrected chi connectivity index (χ1v) is 42.0. The van der Waals surface area contributed by atoms with Crippen LogP contribution in [0.3, 0.4) is 0 Å². The number of benzene rings is 1. The minimum atomic E-state index is -1.23. The van der Waals surface area contributed by atoms with Gasteiger partial charge in [0.25, 0.3) is 0 Å². The molecule has 0 bridgehead atoms. The molecular formula is C80H148N16O28. The van der Waals surface area contributed by atoms with Crippen molar-refractivity contribution in [2.75, 3.05) is 246 Å². The van der Waals surface area contributed by atoms with Crippen LogP contribution in [0.2, 0.25) is 0 Å². The molecule has 2 N–H and O–H groups in total. The summed E-state index contributed by atoms with van der Waals surface area (Å²) in [5.41, 5.74) is -3.63. The maximum atomic E-state index is 13.5. The summed E-state index contributed by atoms with van der Waals surface area (Å²) in [4.78, 5) is 130. The molecule has 0 spiro atoms. The van der Waals surface area contributed by atoms with E-state index in [0.717, 1.165) is 63.4 Å². The summed E-state index contributed by atoms with van der Waals surface area (Å²) in [6, 6.07) is 7.27. The van der Waals surface area contributed by atoms with Gasteiger partial charge in [0.05, 0.1) is 25.4 Å². The Kier molecular flexibility index (Phi) is 48.6. The lowest BCUT2D eigenvalue weighted by molar-refractivity contribution is -0.129. The Morgan fingerprint density at radius 2 is 0.548 bits per heavy atom. The number of aliphatic hydroxyl groups excluding tert-OH is 2. The number of hydrogen-bond donors (Lipinski definition) is 2. The van der Waals surface area contributed by atoms with Crippen LogP contribution in [0.1, 0.15) is 139 Å². The fourth-order valence-electron chi connectivity index (χ4n) is 16.1. The van der Waals surface area contributed by atoms with Crippen LogP contribution >= 0.6 is 0 Å². The number of amides is 16. The van der Waals surface area contributed by atoms with Crippen molar-refractivity contribution >= 4 is 48.2 Å². The number of unbranched alkanes of at least 4 members (excludes halogenated alkanes) is 4. The molecule has 44 heteroatoms. The van der Waals surface area contributed by atoms with Gasteiger partial charge in [0.15, 0.2) is 47.3 Å². The SMILES string of the molecule is CCCC12N(COC)C(=O)N(COC)C1(C)N(COC)C(=O)N2COC.CCCCOCN1C(=O)N(COCCCC)C2C1N(COCCCC)C(=O)N2COCCCC.CCOCC(C)O.COCC(C)O.COCN1C(=O)N(COC)C2(c3ccccc3)N(COC)C(=O)N(COC)C12C.COCN1C(=O)N(COC)C2C1N(COC)C(=O)N2COC. The maximum absolute atomic E-state index is 13.5. The summed E-state index contributed by atoms with van der Waals surface area (Å²) < 4.78 is 95.7. The third-order valence-corrected chi connectivity index (χ3v) is 21.5. The second-order valence-electron chi connectivity index (χ2n) is 30.1. The third-order valence-electron chi connectivity index (χ3n) is 21.5. The number of aliphatic hydroxyl groups is 2. The van der Waals surface area contributed by atoms with E-state index in [0.29, 0.717) is 52.7 Å². The summed E-state index contributed by atoms with van der Waals surface area (Å²) in [6.07, 6.45) is 6.27. The summed E-state index contributed by atoms with van der Waals surface area (Å²) >= 11 is 0. The molecule has 0 aliphatic carbocycles. The number of hydrogen-bond acceptors (Lipinski definition) is 28. The van der Waals surface area contributed by atoms with E-state index in [9.17, 15) is 38.4 Å². The van der Waals surface area contributed by atoms with Gasteiger partial charge in [0, 0.05) is 131 Å². The normalized spacial score (nSPS) is 23.7. The molecule has 8 fully saturated rings. The largest absolute Gasteiger partial charge is 0.391 e. The van der Waals surface area contributed by atoms with Crippen molar-refractivity contribution in [2.45, 2.75) is 193 Å². The summed E-state index contributed by atoms with van der Waals surface area (Å²) in [7, 11) is 19.6. The fraction of sp³-hybridized carbons (Fsp3) is 0.825. The molecule has 1 aromatic rings. The number of carbonyl (C=O) groups excluding carboxylic acids is 8. The third kappa shape index (κ3) is 24.1. The number of fused-ring (bicyclic) bond motifs is 4. The van der Waals surface area contributed by atoms with Crippen molar-refractivity contribution in [3.05, 3.63) is 35.9 Å². The van der Waals surface area contributed by atoms with Crippen LogP contribution < -0.4 is 0 Å². The predicted molar refractivity (Wildman–Crippen MR) is 447 cm³/mol. The van der Waals surface area contributed by atoms with Crippen LogP contribution in [-0.4, -0.2) is 437 Å². The van der Waals surface area contributed by atoms with Crippen molar-refractivity contribution in [3.63, 3.8) is 0 Å². The molecule has 8 aliphatic heterocycles. The van der Waals surface area contributed by atoms with E-state index in [-0.39, 0.29) is 168 Å². The van der Waals surface area contributed by atoms with Gasteiger partial charge in [0.2, 0.25) is 0 Å². The first kappa shape index (κ1) is 109. The zero-order valence-electron chi connectivity index (χ0n) is 77.8. The van der Waals surface area contributed by atoms with Gasteiger partial charge in [-0.3, -0.25) is 78.4 Å². The quantitative estimate of drug-likeness (QED) is 0.0641. The number of methoxy groups -OCH3 is 13. The van der Waals surface area contributed by atoms with Gasteiger partial charge in [-0.15, -0.1) is 0 Å². The van der Waals surface area contributed by atoms with Crippen LogP contribution in [0.15, 0.2) is 30.3 Å². The summed E-state index contributed by atoms with van der Waals surface area (Å²) in [5.74, 6) is 0. The molecule has 0 radical (unpaired) electrons. The molecule has 8 heterocycles. The van der Waals surface area contributed by atoms with Crippen molar-refractivity contribution < 1.29 is 134 Å². The Morgan fingerprint density at radius 3 is 0.774 bits per heavy atom. The minimum absolute atomic E-state index is 0.0154. The smallest absolute Gasteiger partial charge is 0.328 e. The molecule has 716 valence electrons. The molecule has 9 rings (SSSR count). The van der Waals surface area contributed by atoms with E-state index in [4.69, 9.17) is 90.7 Å². The number of ether oxygens (including phenoxy) is 18. The topological polar surface area (TPSA) is 395 Å². The van der Waals surface area contributed by atoms with Gasteiger partial charge in [-0.2, -0.15) is 0 Å². The highest BCUT2D eigenvalue weighted by Gasteiger charge is 2.79. The molecule has 0 saturated carbocycles. The lowest BCUT2D eigenvalue weighted by atomic mass is 9.86. The zero-order chi connectivity index (χ0) is 92.5. The Labute approximate surface area is 733 Å². The summed E-state index contributed by atoms with van der Waals surface area (Å²) in [5, 5.41) is 17.0. The molecule has 8 saturated heterocycles. The van der Waals surface area contributed by atoms with E-state index in [1.807, 2.05) is 58.0 Å². The highest BCUT2D eigenvalue weighted by molar-refractivity contribution is 5.90. The highest BCUT2D eigenvalue weighted by Crippen LogP contribution is 2.58. The Hall–Kier alpha value is -7.42. The zero-order valence-corrected chi connectivity index (χ0v) is 77.8. The molecule has 2 atom stereocenters. The Balaban J connectivity index is 0.000000333. The van der Waals surface area contributed by atoms with Crippen LogP contribution in [0.5, 0.6) is 0 Å². The summed E-state index contributed by atoms with van der Waals surface area (Å²) in [6.45, 7) is 24.0. The lowest BCUT2D eigenvalue weighted by Gasteiger charge is -2.47. The van der Waals surface area contributed by atoms with Crippen LogP contribution in [0, 0.1) is 0 Å². The molecule has 2 unspecified atom stereocenters.